The van der Waals surface area contributed by atoms with E-state index in [4.69, 9.17) is 9.47 Å². The number of benzene rings is 2. The van der Waals surface area contributed by atoms with Gasteiger partial charge in [0.25, 0.3) is 0 Å². The van der Waals surface area contributed by atoms with Gasteiger partial charge in [-0.2, -0.15) is 0 Å². The summed E-state index contributed by atoms with van der Waals surface area (Å²) >= 11 is 0. The summed E-state index contributed by atoms with van der Waals surface area (Å²) in [6.45, 7) is 1.48. The maximum Gasteiger partial charge on any atom is 0.407 e. The summed E-state index contributed by atoms with van der Waals surface area (Å²) in [6.07, 6.45) is 0.525. The minimum absolute atomic E-state index is 0.282. The zero-order valence-corrected chi connectivity index (χ0v) is 11.7. The van der Waals surface area contributed by atoms with E-state index in [2.05, 4.69) is 11.4 Å². The van der Waals surface area contributed by atoms with Crippen molar-refractivity contribution >= 4 is 6.09 Å². The summed E-state index contributed by atoms with van der Waals surface area (Å²) in [7, 11) is 0. The molecule has 21 heavy (non-hydrogen) atoms. The molecular weight excluding hydrogens is 266 g/mol. The molecule has 1 aliphatic rings. The van der Waals surface area contributed by atoms with Crippen molar-refractivity contribution in [1.82, 2.24) is 5.32 Å². The van der Waals surface area contributed by atoms with Crippen LogP contribution in [0.5, 0.6) is 5.75 Å². The number of hydrogen-bond donors (Lipinski definition) is 1. The van der Waals surface area contributed by atoms with E-state index >= 15 is 0 Å². The van der Waals surface area contributed by atoms with Crippen LogP contribution in [0.1, 0.15) is 16.7 Å². The lowest BCUT2D eigenvalue weighted by Gasteiger charge is -2.08. The van der Waals surface area contributed by atoms with Gasteiger partial charge in [0.2, 0.25) is 0 Å². The molecule has 1 N–H and O–H groups in total. The Morgan fingerprint density at radius 3 is 2.86 bits per heavy atom. The molecule has 1 aliphatic heterocycles. The number of carbonyl (C=O) groups excluding carboxylic acids is 1. The van der Waals surface area contributed by atoms with Gasteiger partial charge in [-0.05, 0) is 22.8 Å². The molecule has 1 heterocycles. The number of hydrogen-bond acceptors (Lipinski definition) is 3. The lowest BCUT2D eigenvalue weighted by atomic mass is 10.1. The summed E-state index contributed by atoms with van der Waals surface area (Å²) in [4.78, 5) is 11.7. The monoisotopic (exact) mass is 283 g/mol. The van der Waals surface area contributed by atoms with E-state index in [1.165, 1.54) is 5.56 Å². The fourth-order valence-corrected chi connectivity index (χ4v) is 2.30. The molecule has 2 aromatic rings. The molecule has 0 fully saturated rings. The zero-order chi connectivity index (χ0) is 14.5. The number of amides is 1. The fraction of sp³-hybridized carbons (Fsp3) is 0.235. The van der Waals surface area contributed by atoms with Crippen molar-refractivity contribution < 1.29 is 14.3 Å². The third-order valence-corrected chi connectivity index (χ3v) is 3.40. The van der Waals surface area contributed by atoms with Gasteiger partial charge in [0, 0.05) is 13.0 Å². The summed E-state index contributed by atoms with van der Waals surface area (Å²) < 4.78 is 10.6. The molecule has 4 nitrogen and oxygen atoms in total. The molecule has 0 aliphatic carbocycles. The molecule has 2 aromatic carbocycles. The molecule has 4 heteroatoms. The second kappa shape index (κ2) is 6.31. The summed E-state index contributed by atoms with van der Waals surface area (Å²) in [5, 5.41) is 2.76. The van der Waals surface area contributed by atoms with Gasteiger partial charge in [0.15, 0.2) is 0 Å². The molecule has 3 rings (SSSR count). The van der Waals surface area contributed by atoms with E-state index < -0.39 is 6.09 Å². The minimum atomic E-state index is -0.407. The van der Waals surface area contributed by atoms with Crippen molar-refractivity contribution in [3.05, 3.63) is 65.2 Å². The first kappa shape index (κ1) is 13.5. The van der Waals surface area contributed by atoms with Crippen LogP contribution >= 0.6 is 0 Å². The van der Waals surface area contributed by atoms with Crippen LogP contribution in [0.15, 0.2) is 48.5 Å². The van der Waals surface area contributed by atoms with Gasteiger partial charge in [-0.1, -0.05) is 42.5 Å². The Hall–Kier alpha value is -2.49. The molecule has 0 aromatic heterocycles. The van der Waals surface area contributed by atoms with Gasteiger partial charge < -0.3 is 14.8 Å². The van der Waals surface area contributed by atoms with Gasteiger partial charge in [-0.25, -0.2) is 4.79 Å². The van der Waals surface area contributed by atoms with Gasteiger partial charge >= 0.3 is 6.09 Å². The molecular formula is C17H17NO3. The first-order valence-electron chi connectivity index (χ1n) is 7.00. The fourth-order valence-electron chi connectivity index (χ4n) is 2.30. The molecule has 108 valence electrons. The average Bonchev–Trinajstić information content (AvgIpc) is 2.99. The maximum absolute atomic E-state index is 11.7. The van der Waals surface area contributed by atoms with E-state index in [0.717, 1.165) is 29.9 Å². The second-order valence-electron chi connectivity index (χ2n) is 4.96. The van der Waals surface area contributed by atoms with E-state index in [9.17, 15) is 4.79 Å². The summed E-state index contributed by atoms with van der Waals surface area (Å²) in [5.41, 5.74) is 3.23. The highest BCUT2D eigenvalue weighted by Gasteiger charge is 2.12. The van der Waals surface area contributed by atoms with Crippen molar-refractivity contribution in [3.8, 4) is 5.75 Å². The van der Waals surface area contributed by atoms with Crippen molar-refractivity contribution in [1.29, 1.82) is 0 Å². The topological polar surface area (TPSA) is 47.6 Å². The standard InChI is InChI=1S/C17H17NO3/c19-17(21-12-13-4-2-1-3-5-13)18-11-14-6-7-16-15(10-14)8-9-20-16/h1-7,10H,8-9,11-12H2,(H,18,19). The highest BCUT2D eigenvalue weighted by atomic mass is 16.5. The van der Waals surface area contributed by atoms with Gasteiger partial charge in [0.1, 0.15) is 12.4 Å². The molecule has 0 saturated carbocycles. The second-order valence-corrected chi connectivity index (χ2v) is 4.96. The molecule has 1 amide bonds. The van der Waals surface area contributed by atoms with Crippen LogP contribution in [0.4, 0.5) is 4.79 Å². The van der Waals surface area contributed by atoms with E-state index in [1.54, 1.807) is 0 Å². The number of nitrogens with one attached hydrogen (secondary N) is 1. The largest absolute Gasteiger partial charge is 0.493 e. The quantitative estimate of drug-likeness (QED) is 0.938. The number of rotatable bonds is 4. The van der Waals surface area contributed by atoms with Crippen LogP contribution in [-0.2, 0) is 24.3 Å². The van der Waals surface area contributed by atoms with Crippen LogP contribution in [0.3, 0.4) is 0 Å². The third kappa shape index (κ3) is 3.54. The zero-order valence-electron chi connectivity index (χ0n) is 11.7. The van der Waals surface area contributed by atoms with Crippen LogP contribution in [-0.4, -0.2) is 12.7 Å². The Labute approximate surface area is 123 Å². The average molecular weight is 283 g/mol. The van der Waals surface area contributed by atoms with Crippen molar-refractivity contribution in [3.63, 3.8) is 0 Å². The Bertz CT molecular complexity index is 625. The van der Waals surface area contributed by atoms with Gasteiger partial charge in [0.05, 0.1) is 6.61 Å². The normalized spacial score (nSPS) is 12.4. The number of ether oxygens (including phenoxy) is 2. The van der Waals surface area contributed by atoms with Crippen molar-refractivity contribution in [2.45, 2.75) is 19.6 Å². The predicted octanol–water partition coefficient (Wildman–Crippen LogP) is 3.05. The Morgan fingerprint density at radius 2 is 2.00 bits per heavy atom. The smallest absolute Gasteiger partial charge is 0.407 e. The van der Waals surface area contributed by atoms with E-state index in [0.29, 0.717) is 6.54 Å². The molecule has 0 radical (unpaired) electrons. The lowest BCUT2D eigenvalue weighted by Crippen LogP contribution is -2.23. The SMILES string of the molecule is O=C(NCc1ccc2c(c1)CCO2)OCc1ccccc1. The van der Waals surface area contributed by atoms with E-state index in [1.807, 2.05) is 42.5 Å². The predicted molar refractivity (Wildman–Crippen MR) is 79.1 cm³/mol. The first-order chi connectivity index (χ1) is 10.3. The van der Waals surface area contributed by atoms with Gasteiger partial charge in [-0.15, -0.1) is 0 Å². The van der Waals surface area contributed by atoms with Crippen LogP contribution in [0.25, 0.3) is 0 Å². The Kier molecular flexibility index (Phi) is 4.05. The Morgan fingerprint density at radius 1 is 1.14 bits per heavy atom. The summed E-state index contributed by atoms with van der Waals surface area (Å²) in [5.74, 6) is 0.949. The van der Waals surface area contributed by atoms with Crippen molar-refractivity contribution in [2.75, 3.05) is 6.61 Å². The lowest BCUT2D eigenvalue weighted by molar-refractivity contribution is 0.139. The number of fused-ring (bicyclic) bond motifs is 1. The minimum Gasteiger partial charge on any atom is -0.493 e. The molecule has 0 atom stereocenters. The third-order valence-electron chi connectivity index (χ3n) is 3.40. The first-order valence-corrected chi connectivity index (χ1v) is 7.00. The summed E-state index contributed by atoms with van der Waals surface area (Å²) in [6, 6.07) is 15.6. The number of alkyl carbamates (subject to hydrolysis) is 1. The van der Waals surface area contributed by atoms with E-state index in [-0.39, 0.29) is 6.61 Å². The highest BCUT2D eigenvalue weighted by Crippen LogP contribution is 2.25. The highest BCUT2D eigenvalue weighted by molar-refractivity contribution is 5.67. The van der Waals surface area contributed by atoms with Crippen molar-refractivity contribution in [2.24, 2.45) is 0 Å². The van der Waals surface area contributed by atoms with Gasteiger partial charge in [-0.3, -0.25) is 0 Å². The molecule has 0 saturated heterocycles. The number of carbonyl (C=O) groups is 1. The molecule has 0 spiro atoms. The maximum atomic E-state index is 11.7. The van der Waals surface area contributed by atoms with Crippen LogP contribution in [0.2, 0.25) is 0 Å². The van der Waals surface area contributed by atoms with Crippen LogP contribution < -0.4 is 10.1 Å². The Balaban J connectivity index is 1.47. The molecule has 0 bridgehead atoms. The van der Waals surface area contributed by atoms with Crippen LogP contribution in [0, 0.1) is 0 Å². The molecule has 0 unspecified atom stereocenters.